The Balaban J connectivity index is 0.00000220. The minimum atomic E-state index is 0. The fourth-order valence-electron chi connectivity index (χ4n) is 3.10. The highest BCUT2D eigenvalue weighted by molar-refractivity contribution is 5.85. The van der Waals surface area contributed by atoms with E-state index in [1.807, 2.05) is 23.1 Å². The van der Waals surface area contributed by atoms with Gasteiger partial charge in [-0.2, -0.15) is 0 Å². The predicted molar refractivity (Wildman–Crippen MR) is 89.7 cm³/mol. The van der Waals surface area contributed by atoms with Crippen molar-refractivity contribution in [3.05, 3.63) is 35.9 Å². The van der Waals surface area contributed by atoms with Crippen LogP contribution in [-0.4, -0.2) is 29.9 Å². The number of rotatable bonds is 4. The largest absolute Gasteiger partial charge is 0.342 e. The van der Waals surface area contributed by atoms with Crippen LogP contribution < -0.4 is 5.73 Å². The van der Waals surface area contributed by atoms with E-state index in [9.17, 15) is 4.79 Å². The first-order valence-corrected chi connectivity index (χ1v) is 7.72. The molecule has 2 rings (SSSR count). The van der Waals surface area contributed by atoms with Gasteiger partial charge in [-0.3, -0.25) is 4.79 Å². The summed E-state index contributed by atoms with van der Waals surface area (Å²) in [6.45, 7) is 5.87. The number of hydrogen-bond acceptors (Lipinski definition) is 2. The molecule has 0 bridgehead atoms. The molecule has 0 radical (unpaired) electrons. The van der Waals surface area contributed by atoms with Gasteiger partial charge in [0.1, 0.15) is 0 Å². The molecule has 1 aromatic carbocycles. The molecule has 1 amide bonds. The van der Waals surface area contributed by atoms with Crippen LogP contribution in [0.1, 0.15) is 44.6 Å². The molecule has 0 saturated carbocycles. The highest BCUT2D eigenvalue weighted by atomic mass is 35.5. The number of nitrogens with zero attached hydrogens (tertiary/aromatic N) is 1. The van der Waals surface area contributed by atoms with Crippen LogP contribution >= 0.6 is 12.4 Å². The Morgan fingerprint density at radius 3 is 2.33 bits per heavy atom. The highest BCUT2D eigenvalue weighted by Crippen LogP contribution is 2.26. The van der Waals surface area contributed by atoms with Crippen molar-refractivity contribution in [3.63, 3.8) is 0 Å². The van der Waals surface area contributed by atoms with Gasteiger partial charge in [-0.1, -0.05) is 37.3 Å². The van der Waals surface area contributed by atoms with E-state index in [1.165, 1.54) is 0 Å². The first-order chi connectivity index (χ1) is 9.63. The van der Waals surface area contributed by atoms with Crippen molar-refractivity contribution in [3.8, 4) is 0 Å². The normalized spacial score (nSPS) is 18.7. The van der Waals surface area contributed by atoms with E-state index in [-0.39, 0.29) is 30.3 Å². The SMILES string of the molecule is CCC(C(=O)N1CCC(C(C)N)CC1)c1ccccc1.Cl. The van der Waals surface area contributed by atoms with E-state index >= 15 is 0 Å². The van der Waals surface area contributed by atoms with Gasteiger partial charge in [0.05, 0.1) is 5.92 Å². The lowest BCUT2D eigenvalue weighted by Crippen LogP contribution is -2.44. The zero-order chi connectivity index (χ0) is 14.5. The van der Waals surface area contributed by atoms with Crippen molar-refractivity contribution in [2.45, 2.75) is 45.1 Å². The lowest BCUT2D eigenvalue weighted by molar-refractivity contribution is -0.134. The van der Waals surface area contributed by atoms with Gasteiger partial charge in [-0.15, -0.1) is 12.4 Å². The topological polar surface area (TPSA) is 46.3 Å². The van der Waals surface area contributed by atoms with Crippen LogP contribution in [0.25, 0.3) is 0 Å². The summed E-state index contributed by atoms with van der Waals surface area (Å²) < 4.78 is 0. The number of hydrogen-bond donors (Lipinski definition) is 1. The Kier molecular flexibility index (Phi) is 7.20. The van der Waals surface area contributed by atoms with Crippen molar-refractivity contribution in [2.75, 3.05) is 13.1 Å². The second-order valence-electron chi connectivity index (χ2n) is 5.89. The zero-order valence-corrected chi connectivity index (χ0v) is 13.8. The Labute approximate surface area is 134 Å². The molecule has 0 spiro atoms. The standard InChI is InChI=1S/C17H26N2O.ClH/c1-3-16(15-7-5-4-6-8-15)17(20)19-11-9-14(10-12-19)13(2)18;/h4-8,13-14,16H,3,9-12,18H2,1-2H3;1H. The lowest BCUT2D eigenvalue weighted by Gasteiger charge is -2.35. The molecule has 1 aromatic rings. The molecule has 4 heteroatoms. The molecule has 2 atom stereocenters. The number of benzene rings is 1. The number of amides is 1. The van der Waals surface area contributed by atoms with Crippen LogP contribution in [0, 0.1) is 5.92 Å². The van der Waals surface area contributed by atoms with Crippen molar-refractivity contribution in [1.82, 2.24) is 4.90 Å². The van der Waals surface area contributed by atoms with Crippen LogP contribution in [0.5, 0.6) is 0 Å². The lowest BCUT2D eigenvalue weighted by atomic mass is 9.89. The third kappa shape index (κ3) is 4.45. The molecule has 118 valence electrons. The number of likely N-dealkylation sites (tertiary alicyclic amines) is 1. The number of halogens is 1. The molecular weight excluding hydrogens is 284 g/mol. The summed E-state index contributed by atoms with van der Waals surface area (Å²) >= 11 is 0. The van der Waals surface area contributed by atoms with E-state index < -0.39 is 0 Å². The monoisotopic (exact) mass is 310 g/mol. The summed E-state index contributed by atoms with van der Waals surface area (Å²) in [5.74, 6) is 0.848. The first kappa shape index (κ1) is 18.0. The van der Waals surface area contributed by atoms with Gasteiger partial charge in [-0.25, -0.2) is 0 Å². The van der Waals surface area contributed by atoms with Crippen LogP contribution in [-0.2, 0) is 4.79 Å². The quantitative estimate of drug-likeness (QED) is 0.928. The number of piperidine rings is 1. The third-order valence-corrected chi connectivity index (χ3v) is 4.50. The molecule has 1 heterocycles. The maximum Gasteiger partial charge on any atom is 0.230 e. The van der Waals surface area contributed by atoms with Gasteiger partial charge in [0.15, 0.2) is 0 Å². The van der Waals surface area contributed by atoms with Gasteiger partial charge in [-0.05, 0) is 37.7 Å². The zero-order valence-electron chi connectivity index (χ0n) is 13.0. The van der Waals surface area contributed by atoms with Gasteiger partial charge < -0.3 is 10.6 Å². The average Bonchev–Trinajstić information content (AvgIpc) is 2.49. The minimum absolute atomic E-state index is 0. The van der Waals surface area contributed by atoms with Crippen LogP contribution in [0.15, 0.2) is 30.3 Å². The third-order valence-electron chi connectivity index (χ3n) is 4.50. The molecule has 3 nitrogen and oxygen atoms in total. The van der Waals surface area contributed by atoms with Crippen molar-refractivity contribution < 1.29 is 4.79 Å². The smallest absolute Gasteiger partial charge is 0.230 e. The number of carbonyl (C=O) groups excluding carboxylic acids is 1. The van der Waals surface area contributed by atoms with Crippen LogP contribution in [0.4, 0.5) is 0 Å². The van der Waals surface area contributed by atoms with Crippen molar-refractivity contribution in [2.24, 2.45) is 11.7 Å². The summed E-state index contributed by atoms with van der Waals surface area (Å²) in [5.41, 5.74) is 7.10. The molecule has 1 fully saturated rings. The molecular formula is C17H27ClN2O. The molecule has 21 heavy (non-hydrogen) atoms. The fraction of sp³-hybridized carbons (Fsp3) is 0.588. The predicted octanol–water partition coefficient (Wildman–Crippen LogP) is 3.19. The van der Waals surface area contributed by atoms with Gasteiger partial charge in [0.25, 0.3) is 0 Å². The van der Waals surface area contributed by atoms with Crippen molar-refractivity contribution in [1.29, 1.82) is 0 Å². The number of carbonyl (C=O) groups is 1. The summed E-state index contributed by atoms with van der Waals surface area (Å²) in [6.07, 6.45) is 2.93. The van der Waals surface area contributed by atoms with E-state index in [4.69, 9.17) is 5.73 Å². The van der Waals surface area contributed by atoms with E-state index in [0.29, 0.717) is 5.92 Å². The Morgan fingerprint density at radius 1 is 1.29 bits per heavy atom. The second-order valence-corrected chi connectivity index (χ2v) is 5.89. The van der Waals surface area contributed by atoms with Crippen molar-refractivity contribution >= 4 is 18.3 Å². The second kappa shape index (κ2) is 8.40. The fourth-order valence-corrected chi connectivity index (χ4v) is 3.10. The molecule has 1 aliphatic rings. The van der Waals surface area contributed by atoms with Gasteiger partial charge >= 0.3 is 0 Å². The van der Waals surface area contributed by atoms with Crippen LogP contribution in [0.3, 0.4) is 0 Å². The average molecular weight is 311 g/mol. The summed E-state index contributed by atoms with van der Waals surface area (Å²) in [6, 6.07) is 10.4. The highest BCUT2D eigenvalue weighted by Gasteiger charge is 2.29. The molecule has 0 aromatic heterocycles. The molecule has 1 saturated heterocycles. The van der Waals surface area contributed by atoms with E-state index in [0.717, 1.165) is 37.9 Å². The molecule has 2 unspecified atom stereocenters. The minimum Gasteiger partial charge on any atom is -0.342 e. The molecule has 2 N–H and O–H groups in total. The maximum atomic E-state index is 12.7. The van der Waals surface area contributed by atoms with Gasteiger partial charge in [0, 0.05) is 19.1 Å². The summed E-state index contributed by atoms with van der Waals surface area (Å²) in [7, 11) is 0. The van der Waals surface area contributed by atoms with E-state index in [1.54, 1.807) is 0 Å². The maximum absolute atomic E-state index is 12.7. The van der Waals surface area contributed by atoms with Gasteiger partial charge in [0.2, 0.25) is 5.91 Å². The Morgan fingerprint density at radius 2 is 1.86 bits per heavy atom. The number of nitrogens with two attached hydrogens (primary N) is 1. The first-order valence-electron chi connectivity index (χ1n) is 7.72. The Hall–Kier alpha value is -1.06. The van der Waals surface area contributed by atoms with Crippen LogP contribution in [0.2, 0.25) is 0 Å². The summed E-state index contributed by atoms with van der Waals surface area (Å²) in [5, 5.41) is 0. The Bertz CT molecular complexity index is 428. The molecule has 0 aliphatic carbocycles. The van der Waals surface area contributed by atoms with E-state index in [2.05, 4.69) is 26.0 Å². The summed E-state index contributed by atoms with van der Waals surface area (Å²) in [4.78, 5) is 14.7. The molecule has 1 aliphatic heterocycles.